The van der Waals surface area contributed by atoms with Gasteiger partial charge < -0.3 is 19.7 Å². The first-order valence-corrected chi connectivity index (χ1v) is 6.18. The van der Waals surface area contributed by atoms with Crippen LogP contribution in [0.2, 0.25) is 5.15 Å². The molecule has 104 valence electrons. The highest BCUT2D eigenvalue weighted by atomic mass is 35.5. The number of halogens is 1. The van der Waals surface area contributed by atoms with Crippen LogP contribution in [0.25, 0.3) is 0 Å². The van der Waals surface area contributed by atoms with Crippen LogP contribution in [0.5, 0.6) is 6.01 Å². The number of hydrogen-bond donors (Lipinski definition) is 1. The van der Waals surface area contributed by atoms with Gasteiger partial charge in [0.1, 0.15) is 11.0 Å². The van der Waals surface area contributed by atoms with Gasteiger partial charge in [0.05, 0.1) is 20.3 Å². The summed E-state index contributed by atoms with van der Waals surface area (Å²) in [4.78, 5) is 21.6. The van der Waals surface area contributed by atoms with Gasteiger partial charge >= 0.3 is 6.01 Å². The lowest BCUT2D eigenvalue weighted by atomic mass is 10.2. The first-order valence-electron chi connectivity index (χ1n) is 5.80. The van der Waals surface area contributed by atoms with Gasteiger partial charge in [0, 0.05) is 19.7 Å². The summed E-state index contributed by atoms with van der Waals surface area (Å²) in [5.74, 6) is 0.464. The number of anilines is 1. The Bertz CT molecular complexity index is 471. The van der Waals surface area contributed by atoms with E-state index in [0.29, 0.717) is 30.7 Å². The molecule has 2 rings (SSSR count). The van der Waals surface area contributed by atoms with Gasteiger partial charge in [-0.1, -0.05) is 11.6 Å². The number of carbonyl (C=O) groups is 1. The first-order chi connectivity index (χ1) is 9.13. The number of nitrogens with zero attached hydrogens (tertiary/aromatic N) is 3. The van der Waals surface area contributed by atoms with Crippen molar-refractivity contribution < 1.29 is 14.3 Å². The van der Waals surface area contributed by atoms with Gasteiger partial charge in [-0.15, -0.1) is 0 Å². The molecule has 0 bridgehead atoms. The molecule has 1 saturated heterocycles. The molecular weight excluding hydrogens is 272 g/mol. The van der Waals surface area contributed by atoms with Crippen LogP contribution in [0, 0.1) is 0 Å². The Hall–Kier alpha value is -1.60. The van der Waals surface area contributed by atoms with Crippen molar-refractivity contribution in [2.75, 3.05) is 38.8 Å². The predicted octanol–water partition coefficient (Wildman–Crippen LogP) is 0.0898. The van der Waals surface area contributed by atoms with Crippen LogP contribution in [-0.2, 0) is 9.53 Å². The number of morpholine rings is 1. The summed E-state index contributed by atoms with van der Waals surface area (Å²) < 4.78 is 10.4. The highest BCUT2D eigenvalue weighted by Crippen LogP contribution is 2.21. The van der Waals surface area contributed by atoms with Crippen LogP contribution in [0.15, 0.2) is 6.07 Å². The molecule has 0 aromatic carbocycles. The van der Waals surface area contributed by atoms with E-state index in [-0.39, 0.29) is 11.9 Å². The van der Waals surface area contributed by atoms with E-state index in [1.165, 1.54) is 7.11 Å². The molecule has 7 nitrogen and oxygen atoms in total. The molecule has 2 heterocycles. The van der Waals surface area contributed by atoms with Crippen molar-refractivity contribution in [3.8, 4) is 6.01 Å². The SMILES string of the molecule is CNC(=O)[C@H]1CN(c2cc(Cl)nc(OC)n2)CCO1. The normalized spacial score (nSPS) is 19.1. The third kappa shape index (κ3) is 3.24. The second kappa shape index (κ2) is 6.03. The topological polar surface area (TPSA) is 76.6 Å². The summed E-state index contributed by atoms with van der Waals surface area (Å²) in [7, 11) is 3.05. The minimum absolute atomic E-state index is 0.156. The lowest BCUT2D eigenvalue weighted by molar-refractivity contribution is -0.132. The van der Waals surface area contributed by atoms with Crippen LogP contribution in [0.1, 0.15) is 0 Å². The van der Waals surface area contributed by atoms with Gasteiger partial charge in [0.25, 0.3) is 5.91 Å². The van der Waals surface area contributed by atoms with Crippen LogP contribution in [-0.4, -0.2) is 55.8 Å². The number of nitrogens with one attached hydrogen (secondary N) is 1. The zero-order valence-electron chi connectivity index (χ0n) is 10.7. The fraction of sp³-hybridized carbons (Fsp3) is 0.545. The molecule has 1 aromatic heterocycles. The molecule has 1 amide bonds. The second-order valence-corrected chi connectivity index (χ2v) is 4.34. The van der Waals surface area contributed by atoms with Gasteiger partial charge in [-0.3, -0.25) is 4.79 Å². The van der Waals surface area contributed by atoms with Crippen LogP contribution in [0.4, 0.5) is 5.82 Å². The average molecular weight is 287 g/mol. The molecule has 19 heavy (non-hydrogen) atoms. The lowest BCUT2D eigenvalue weighted by Gasteiger charge is -2.32. The minimum atomic E-state index is -0.515. The van der Waals surface area contributed by atoms with Crippen LogP contribution >= 0.6 is 11.6 Å². The maximum Gasteiger partial charge on any atom is 0.319 e. The lowest BCUT2D eigenvalue weighted by Crippen LogP contribution is -2.49. The standard InChI is InChI=1S/C11H15ClN4O3/c1-13-10(17)7-6-16(3-4-19-7)9-5-8(12)14-11(15-9)18-2/h5,7H,3-4,6H2,1-2H3,(H,13,17)/t7-/m1/s1. The van der Waals surface area contributed by atoms with Gasteiger partial charge in [-0.05, 0) is 0 Å². The molecule has 0 saturated carbocycles. The molecule has 8 heteroatoms. The number of carbonyl (C=O) groups excluding carboxylic acids is 1. The van der Waals surface area contributed by atoms with E-state index in [2.05, 4.69) is 15.3 Å². The molecule has 0 spiro atoms. The summed E-state index contributed by atoms with van der Waals surface area (Å²) in [6.07, 6.45) is -0.515. The summed E-state index contributed by atoms with van der Waals surface area (Å²) in [5.41, 5.74) is 0. The highest BCUT2D eigenvalue weighted by molar-refractivity contribution is 6.29. The fourth-order valence-corrected chi connectivity index (χ4v) is 1.99. The molecule has 1 aliphatic heterocycles. The van der Waals surface area contributed by atoms with Crippen molar-refractivity contribution in [2.24, 2.45) is 0 Å². The molecule has 1 fully saturated rings. The van der Waals surface area contributed by atoms with E-state index in [0.717, 1.165) is 0 Å². The van der Waals surface area contributed by atoms with Crippen molar-refractivity contribution in [3.63, 3.8) is 0 Å². The smallest absolute Gasteiger partial charge is 0.319 e. The summed E-state index contributed by atoms with van der Waals surface area (Å²) in [6, 6.07) is 1.83. The van der Waals surface area contributed by atoms with E-state index >= 15 is 0 Å². The van der Waals surface area contributed by atoms with E-state index in [1.54, 1.807) is 13.1 Å². The molecule has 1 aliphatic rings. The van der Waals surface area contributed by atoms with Gasteiger partial charge in [0.15, 0.2) is 6.10 Å². The zero-order chi connectivity index (χ0) is 13.8. The molecular formula is C11H15ClN4O3. The molecule has 1 N–H and O–H groups in total. The van der Waals surface area contributed by atoms with E-state index in [9.17, 15) is 4.79 Å². The Labute approximate surface area is 115 Å². The quantitative estimate of drug-likeness (QED) is 0.794. The Balaban J connectivity index is 2.17. The third-order valence-corrected chi connectivity index (χ3v) is 2.97. The van der Waals surface area contributed by atoms with Crippen molar-refractivity contribution in [2.45, 2.75) is 6.10 Å². The molecule has 0 aliphatic carbocycles. The first kappa shape index (κ1) is 13.8. The van der Waals surface area contributed by atoms with E-state index in [1.807, 2.05) is 4.90 Å². The number of amides is 1. The summed E-state index contributed by atoms with van der Waals surface area (Å²) in [5, 5.41) is 2.86. The van der Waals surface area contributed by atoms with Crippen LogP contribution in [0.3, 0.4) is 0 Å². The second-order valence-electron chi connectivity index (χ2n) is 3.96. The third-order valence-electron chi connectivity index (χ3n) is 2.77. The number of ether oxygens (including phenoxy) is 2. The number of methoxy groups -OCH3 is 1. The molecule has 0 unspecified atom stereocenters. The largest absolute Gasteiger partial charge is 0.467 e. The van der Waals surface area contributed by atoms with Crippen LogP contribution < -0.4 is 15.0 Å². The maximum atomic E-state index is 11.6. The van der Waals surface area contributed by atoms with Crippen molar-refractivity contribution >= 4 is 23.3 Å². The maximum absolute atomic E-state index is 11.6. The van der Waals surface area contributed by atoms with Crippen molar-refractivity contribution in [3.05, 3.63) is 11.2 Å². The Morgan fingerprint density at radius 1 is 1.63 bits per heavy atom. The molecule has 1 atom stereocenters. The number of aromatic nitrogens is 2. The number of likely N-dealkylation sites (N-methyl/N-ethyl adjacent to an activating group) is 1. The monoisotopic (exact) mass is 286 g/mol. The molecule has 1 aromatic rings. The average Bonchev–Trinajstić information content (AvgIpc) is 2.45. The van der Waals surface area contributed by atoms with Gasteiger partial charge in [0.2, 0.25) is 0 Å². The predicted molar refractivity (Wildman–Crippen MR) is 69.6 cm³/mol. The zero-order valence-corrected chi connectivity index (χ0v) is 11.5. The van der Waals surface area contributed by atoms with Gasteiger partial charge in [-0.25, -0.2) is 0 Å². The summed E-state index contributed by atoms with van der Waals surface area (Å²) >= 11 is 5.91. The minimum Gasteiger partial charge on any atom is -0.467 e. The number of rotatable bonds is 3. The number of hydrogen-bond acceptors (Lipinski definition) is 6. The van der Waals surface area contributed by atoms with Crippen molar-refractivity contribution in [1.82, 2.24) is 15.3 Å². The van der Waals surface area contributed by atoms with E-state index in [4.69, 9.17) is 21.1 Å². The fourth-order valence-electron chi connectivity index (χ4n) is 1.82. The Morgan fingerprint density at radius 2 is 2.42 bits per heavy atom. The summed E-state index contributed by atoms with van der Waals surface area (Å²) in [6.45, 7) is 1.49. The van der Waals surface area contributed by atoms with Gasteiger partial charge in [-0.2, -0.15) is 9.97 Å². The van der Waals surface area contributed by atoms with Crippen molar-refractivity contribution in [1.29, 1.82) is 0 Å². The molecule has 0 radical (unpaired) electrons. The Kier molecular flexibility index (Phi) is 4.39. The Morgan fingerprint density at radius 3 is 3.11 bits per heavy atom. The van der Waals surface area contributed by atoms with E-state index < -0.39 is 6.10 Å². The highest BCUT2D eigenvalue weighted by Gasteiger charge is 2.27.